The van der Waals surface area contributed by atoms with Crippen LogP contribution in [0.15, 0.2) is 11.1 Å². The Morgan fingerprint density at radius 1 is 1.57 bits per heavy atom. The molecule has 0 bridgehead atoms. The molecule has 0 amide bonds. The summed E-state index contributed by atoms with van der Waals surface area (Å²) in [6, 6.07) is 0. The Bertz CT molecular complexity index is 829. The molecule has 0 radical (unpaired) electrons. The number of aliphatic hydroxyl groups is 1. The number of rotatable bonds is 4. The van der Waals surface area contributed by atoms with Crippen molar-refractivity contribution in [2.24, 2.45) is 0 Å². The molecule has 0 saturated carbocycles. The highest BCUT2D eigenvalue weighted by Gasteiger charge is 2.40. The zero-order valence-electron chi connectivity index (χ0n) is 11.6. The van der Waals surface area contributed by atoms with Crippen LogP contribution >= 0.6 is 7.82 Å². The number of hydrogen-bond donors (Lipinski definition) is 5. The summed E-state index contributed by atoms with van der Waals surface area (Å²) in [5.41, 5.74) is 5.18. The second-order valence-corrected chi connectivity index (χ2v) is 6.15. The van der Waals surface area contributed by atoms with Gasteiger partial charge < -0.3 is 25.4 Å². The van der Waals surface area contributed by atoms with Gasteiger partial charge in [0, 0.05) is 6.42 Å². The number of aromatic amines is 1. The van der Waals surface area contributed by atoms with Gasteiger partial charge in [0.2, 0.25) is 5.95 Å². The summed E-state index contributed by atoms with van der Waals surface area (Å²) in [6.07, 6.45) is -1.42. The van der Waals surface area contributed by atoms with Crippen LogP contribution in [-0.2, 0) is 13.8 Å². The van der Waals surface area contributed by atoms with Crippen molar-refractivity contribution < 1.29 is 28.7 Å². The topological polar surface area (TPSA) is 186 Å². The van der Waals surface area contributed by atoms with E-state index in [-0.39, 0.29) is 23.5 Å². The average molecular weight is 347 g/mol. The van der Waals surface area contributed by atoms with Crippen molar-refractivity contribution in [1.29, 1.82) is 0 Å². The highest BCUT2D eigenvalue weighted by Crippen LogP contribution is 2.43. The monoisotopic (exact) mass is 347 g/mol. The second-order valence-electron chi connectivity index (χ2n) is 4.96. The molecule has 12 nitrogen and oxygen atoms in total. The number of nitrogens with two attached hydrogens (primary N) is 1. The van der Waals surface area contributed by atoms with Crippen molar-refractivity contribution in [1.82, 2.24) is 19.5 Å². The van der Waals surface area contributed by atoms with Gasteiger partial charge in [-0.25, -0.2) is 9.55 Å². The van der Waals surface area contributed by atoms with Gasteiger partial charge in [0.15, 0.2) is 11.2 Å². The van der Waals surface area contributed by atoms with E-state index in [2.05, 4.69) is 19.5 Å². The van der Waals surface area contributed by atoms with Gasteiger partial charge in [0.05, 0.1) is 12.9 Å². The lowest BCUT2D eigenvalue weighted by Gasteiger charge is -2.16. The number of phosphoric ester groups is 1. The molecule has 1 saturated heterocycles. The molecule has 1 aliphatic heterocycles. The summed E-state index contributed by atoms with van der Waals surface area (Å²) < 4.78 is 22.5. The van der Waals surface area contributed by atoms with Crippen LogP contribution in [0.2, 0.25) is 0 Å². The van der Waals surface area contributed by atoms with Gasteiger partial charge in [-0.15, -0.1) is 0 Å². The summed E-state index contributed by atoms with van der Waals surface area (Å²) in [5, 5.41) is 9.28. The third-order valence-electron chi connectivity index (χ3n) is 3.39. The van der Waals surface area contributed by atoms with Crippen LogP contribution in [0.25, 0.3) is 11.2 Å². The van der Waals surface area contributed by atoms with Gasteiger partial charge in [-0.1, -0.05) is 0 Å². The molecule has 6 N–H and O–H groups in total. The lowest BCUT2D eigenvalue weighted by molar-refractivity contribution is -0.0425. The van der Waals surface area contributed by atoms with Crippen LogP contribution in [-0.4, -0.2) is 53.2 Å². The summed E-state index contributed by atoms with van der Waals surface area (Å²) >= 11 is 0. The molecule has 0 spiro atoms. The standard InChI is InChI=1S/C10H14N5O7P/c11-10-13-8-7(9(17)14-10)12-3-15(8)6-1-4(5(2-16)21-6)22-23(18,19)20/h3-6,16H,1-2H2,(H2,18,19,20)(H3,11,13,14,17)/t4-,5+,6-/m1/s1. The van der Waals surface area contributed by atoms with Gasteiger partial charge in [0.25, 0.3) is 5.56 Å². The normalized spacial score (nSPS) is 25.3. The first-order valence-corrected chi connectivity index (χ1v) is 8.04. The third kappa shape index (κ3) is 3.13. The van der Waals surface area contributed by atoms with E-state index in [1.54, 1.807) is 0 Å². The number of hydrogen-bond acceptors (Lipinski definition) is 8. The van der Waals surface area contributed by atoms with Gasteiger partial charge in [-0.05, 0) is 0 Å². The molecule has 3 rings (SSSR count). The lowest BCUT2D eigenvalue weighted by Crippen LogP contribution is -2.26. The number of aromatic nitrogens is 4. The first-order chi connectivity index (χ1) is 10.8. The summed E-state index contributed by atoms with van der Waals surface area (Å²) in [5.74, 6) is -0.107. The molecule has 13 heteroatoms. The van der Waals surface area contributed by atoms with Crippen LogP contribution in [0.1, 0.15) is 12.6 Å². The fourth-order valence-corrected chi connectivity index (χ4v) is 3.05. The zero-order valence-corrected chi connectivity index (χ0v) is 12.5. The molecule has 0 aromatic carbocycles. The zero-order chi connectivity index (χ0) is 16.8. The fraction of sp³-hybridized carbons (Fsp3) is 0.500. The number of nitrogens with zero attached hydrogens (tertiary/aromatic N) is 3. The Morgan fingerprint density at radius 3 is 2.96 bits per heavy atom. The van der Waals surface area contributed by atoms with E-state index in [0.29, 0.717) is 0 Å². The van der Waals surface area contributed by atoms with Gasteiger partial charge in [-0.3, -0.25) is 18.9 Å². The Kier molecular flexibility index (Phi) is 3.96. The highest BCUT2D eigenvalue weighted by atomic mass is 31.2. The van der Waals surface area contributed by atoms with Crippen molar-refractivity contribution in [2.45, 2.75) is 24.9 Å². The molecule has 1 fully saturated rings. The van der Waals surface area contributed by atoms with Gasteiger partial charge >= 0.3 is 7.82 Å². The van der Waals surface area contributed by atoms with E-state index in [1.165, 1.54) is 10.9 Å². The molecule has 0 unspecified atom stereocenters. The van der Waals surface area contributed by atoms with E-state index in [1.807, 2.05) is 0 Å². The maximum atomic E-state index is 11.7. The molecular weight excluding hydrogens is 333 g/mol. The lowest BCUT2D eigenvalue weighted by atomic mass is 10.2. The number of anilines is 1. The number of ether oxygens (including phenoxy) is 1. The largest absolute Gasteiger partial charge is 0.469 e. The molecule has 2 aromatic rings. The van der Waals surface area contributed by atoms with Crippen LogP contribution in [0.3, 0.4) is 0 Å². The molecule has 1 aliphatic rings. The number of nitrogen functional groups attached to an aromatic ring is 1. The molecule has 0 aliphatic carbocycles. The van der Waals surface area contributed by atoms with Crippen molar-refractivity contribution >= 4 is 24.9 Å². The van der Waals surface area contributed by atoms with Crippen LogP contribution in [0.4, 0.5) is 5.95 Å². The van der Waals surface area contributed by atoms with E-state index in [0.717, 1.165) is 0 Å². The molecule has 23 heavy (non-hydrogen) atoms. The van der Waals surface area contributed by atoms with Crippen molar-refractivity contribution in [3.05, 3.63) is 16.7 Å². The van der Waals surface area contributed by atoms with Crippen molar-refractivity contribution in [2.75, 3.05) is 12.3 Å². The summed E-state index contributed by atoms with van der Waals surface area (Å²) in [6.45, 7) is -0.496. The molecule has 126 valence electrons. The number of nitrogens with one attached hydrogen (secondary N) is 1. The van der Waals surface area contributed by atoms with E-state index in [4.69, 9.17) is 20.3 Å². The second kappa shape index (κ2) is 5.67. The molecule has 3 heterocycles. The Labute approximate surface area is 128 Å². The van der Waals surface area contributed by atoms with Crippen LogP contribution in [0, 0.1) is 0 Å². The number of fused-ring (bicyclic) bond motifs is 1. The highest BCUT2D eigenvalue weighted by molar-refractivity contribution is 7.46. The van der Waals surface area contributed by atoms with Crippen LogP contribution in [0.5, 0.6) is 0 Å². The summed E-state index contributed by atoms with van der Waals surface area (Å²) in [4.78, 5) is 39.8. The number of aliphatic hydroxyl groups excluding tert-OH is 1. The van der Waals surface area contributed by atoms with Crippen molar-refractivity contribution in [3.8, 4) is 0 Å². The molecular formula is C10H14N5O7P. The number of H-pyrrole nitrogens is 1. The minimum Gasteiger partial charge on any atom is -0.394 e. The van der Waals surface area contributed by atoms with E-state index >= 15 is 0 Å². The SMILES string of the molecule is Nc1nc2c(ncn2[C@H]2C[C@@H](OP(=O)(O)O)[C@H](CO)O2)c(=O)[nH]1. The third-order valence-corrected chi connectivity index (χ3v) is 3.94. The fourth-order valence-electron chi connectivity index (χ4n) is 2.48. The predicted molar refractivity (Wildman–Crippen MR) is 75.1 cm³/mol. The number of imidazole rings is 1. The van der Waals surface area contributed by atoms with Gasteiger partial charge in [-0.2, -0.15) is 4.98 Å². The Balaban J connectivity index is 1.94. The van der Waals surface area contributed by atoms with E-state index < -0.39 is 38.4 Å². The predicted octanol–water partition coefficient (Wildman–Crippen LogP) is -1.54. The minimum absolute atomic E-state index is 0.0240. The first kappa shape index (κ1) is 16.1. The number of phosphoric acid groups is 1. The molecule has 2 aromatic heterocycles. The van der Waals surface area contributed by atoms with E-state index in [9.17, 15) is 14.5 Å². The summed E-state index contributed by atoms with van der Waals surface area (Å²) in [7, 11) is -4.74. The smallest absolute Gasteiger partial charge is 0.394 e. The maximum absolute atomic E-state index is 11.7. The first-order valence-electron chi connectivity index (χ1n) is 6.51. The van der Waals surface area contributed by atoms with Crippen molar-refractivity contribution in [3.63, 3.8) is 0 Å². The average Bonchev–Trinajstić information content (AvgIpc) is 3.00. The maximum Gasteiger partial charge on any atom is 0.469 e. The quantitative estimate of drug-likeness (QED) is 0.406. The molecule has 3 atom stereocenters. The van der Waals surface area contributed by atoms with Gasteiger partial charge in [0.1, 0.15) is 18.4 Å². The Morgan fingerprint density at radius 2 is 2.30 bits per heavy atom. The Hall–Kier alpha value is -1.82. The minimum atomic E-state index is -4.74. The van der Waals surface area contributed by atoms with Crippen LogP contribution < -0.4 is 11.3 Å².